The number of imide groups is 1. The molecule has 0 bridgehead atoms. The number of fused-ring (bicyclic) bond motifs is 1. The fourth-order valence-electron chi connectivity index (χ4n) is 5.13. The number of hydrogen-bond donors (Lipinski definition) is 0. The van der Waals surface area contributed by atoms with Crippen LogP contribution in [0.5, 0.6) is 11.9 Å². The zero-order valence-corrected chi connectivity index (χ0v) is 20.6. The molecule has 2 amide bonds. The van der Waals surface area contributed by atoms with Gasteiger partial charge in [0.15, 0.2) is 0 Å². The summed E-state index contributed by atoms with van der Waals surface area (Å²) in [6.07, 6.45) is 5.99. The molecule has 1 aliphatic rings. The number of benzene rings is 1. The highest BCUT2D eigenvalue weighted by atomic mass is 16.5. The third kappa shape index (κ3) is 3.59. The molecule has 4 heterocycles. The Morgan fingerprint density at radius 1 is 1.03 bits per heavy atom. The minimum absolute atomic E-state index is 0.114. The van der Waals surface area contributed by atoms with Crippen LogP contribution in [0, 0.1) is 0 Å². The minimum atomic E-state index is -1.29. The van der Waals surface area contributed by atoms with Gasteiger partial charge >= 0.3 is 6.01 Å². The number of hydrogen-bond acceptors (Lipinski definition) is 7. The van der Waals surface area contributed by atoms with E-state index in [0.29, 0.717) is 12.1 Å². The first kappa shape index (κ1) is 23.5. The largest absolute Gasteiger partial charge is 0.481 e. The molecule has 0 saturated carbocycles. The molecular weight excluding hydrogens is 458 g/mol. The van der Waals surface area contributed by atoms with Gasteiger partial charge in [-0.15, -0.1) is 0 Å². The molecule has 184 valence electrons. The summed E-state index contributed by atoms with van der Waals surface area (Å²) in [7, 11) is 4.43. The molecule has 9 heteroatoms. The van der Waals surface area contributed by atoms with E-state index in [-0.39, 0.29) is 23.7 Å². The van der Waals surface area contributed by atoms with Gasteiger partial charge in [0, 0.05) is 43.1 Å². The van der Waals surface area contributed by atoms with Gasteiger partial charge in [0.25, 0.3) is 0 Å². The standard InChI is InChI=1S/C27H27N5O4/c1-27(20-15-29-26(36-4)30-23(20)35-3)21(24(33)31(2)25(27)34)19-16-32(22-18(19)11-8-13-28-22)14-12-17-9-6-5-7-10-17/h5-11,13,15-16,21H,12,14H2,1-4H3. The molecule has 1 aliphatic heterocycles. The number of ether oxygens (including phenoxy) is 2. The lowest BCUT2D eigenvalue weighted by atomic mass is 9.71. The van der Waals surface area contributed by atoms with Crippen molar-refractivity contribution in [1.29, 1.82) is 0 Å². The molecule has 1 saturated heterocycles. The van der Waals surface area contributed by atoms with Crippen LogP contribution >= 0.6 is 0 Å². The summed E-state index contributed by atoms with van der Waals surface area (Å²) in [6, 6.07) is 14.1. The number of carbonyl (C=O) groups excluding carboxylic acids is 2. The molecule has 3 aromatic heterocycles. The number of amides is 2. The topological polar surface area (TPSA) is 99.4 Å². The molecule has 2 unspecified atom stereocenters. The van der Waals surface area contributed by atoms with Gasteiger partial charge in [-0.25, -0.2) is 9.97 Å². The number of likely N-dealkylation sites (N-methyl/N-ethyl adjacent to an activating group) is 1. The Balaban J connectivity index is 1.65. The van der Waals surface area contributed by atoms with E-state index < -0.39 is 11.3 Å². The van der Waals surface area contributed by atoms with Crippen molar-refractivity contribution in [2.75, 3.05) is 21.3 Å². The van der Waals surface area contributed by atoms with Crippen molar-refractivity contribution in [3.63, 3.8) is 0 Å². The molecule has 0 N–H and O–H groups in total. The van der Waals surface area contributed by atoms with Gasteiger partial charge in [-0.3, -0.25) is 14.5 Å². The maximum Gasteiger partial charge on any atom is 0.319 e. The van der Waals surface area contributed by atoms with Crippen LogP contribution in [0.1, 0.15) is 29.5 Å². The lowest BCUT2D eigenvalue weighted by Crippen LogP contribution is -2.37. The van der Waals surface area contributed by atoms with Crippen LogP contribution in [0.4, 0.5) is 0 Å². The summed E-state index contributed by atoms with van der Waals surface area (Å²) in [5.74, 6) is -1.27. The number of aromatic nitrogens is 4. The Kier molecular flexibility index (Phi) is 5.91. The number of carbonyl (C=O) groups is 2. The van der Waals surface area contributed by atoms with Gasteiger partial charge in [-0.05, 0) is 36.6 Å². The number of pyridine rings is 1. The summed E-state index contributed by atoms with van der Waals surface area (Å²) in [5, 5.41) is 0.826. The smallest absolute Gasteiger partial charge is 0.319 e. The van der Waals surface area contributed by atoms with Crippen molar-refractivity contribution in [2.24, 2.45) is 0 Å². The Hall–Kier alpha value is -4.27. The number of rotatable bonds is 7. The van der Waals surface area contributed by atoms with Crippen LogP contribution in [0.3, 0.4) is 0 Å². The Morgan fingerprint density at radius 3 is 2.53 bits per heavy atom. The van der Waals surface area contributed by atoms with Gasteiger partial charge in [-0.2, -0.15) is 4.98 Å². The van der Waals surface area contributed by atoms with E-state index in [2.05, 4.69) is 31.7 Å². The molecule has 0 radical (unpaired) electrons. The predicted octanol–water partition coefficient (Wildman–Crippen LogP) is 3.13. The second kappa shape index (κ2) is 9.07. The van der Waals surface area contributed by atoms with Gasteiger partial charge in [0.2, 0.25) is 17.7 Å². The van der Waals surface area contributed by atoms with Gasteiger partial charge < -0.3 is 14.0 Å². The summed E-state index contributed by atoms with van der Waals surface area (Å²) in [6.45, 7) is 2.42. The third-order valence-corrected chi connectivity index (χ3v) is 7.03. The Morgan fingerprint density at radius 2 is 1.81 bits per heavy atom. The fourth-order valence-corrected chi connectivity index (χ4v) is 5.13. The van der Waals surface area contributed by atoms with Crippen LogP contribution in [-0.2, 0) is 28.0 Å². The van der Waals surface area contributed by atoms with Crippen LogP contribution in [0.15, 0.2) is 61.1 Å². The fraction of sp³-hybridized carbons (Fsp3) is 0.296. The monoisotopic (exact) mass is 485 g/mol. The maximum absolute atomic E-state index is 13.6. The molecule has 4 aromatic rings. The minimum Gasteiger partial charge on any atom is -0.481 e. The summed E-state index contributed by atoms with van der Waals surface area (Å²) < 4.78 is 12.7. The van der Waals surface area contributed by atoms with Crippen molar-refractivity contribution >= 4 is 22.8 Å². The van der Waals surface area contributed by atoms with Gasteiger partial charge in [0.05, 0.1) is 25.6 Å². The number of likely N-dealkylation sites (tertiary alicyclic amines) is 1. The first-order valence-electron chi connectivity index (χ1n) is 11.6. The van der Waals surface area contributed by atoms with E-state index >= 15 is 0 Å². The molecule has 5 rings (SSSR count). The first-order valence-corrected chi connectivity index (χ1v) is 11.6. The highest BCUT2D eigenvalue weighted by Crippen LogP contribution is 2.50. The Labute approximate surface area is 208 Å². The first-order chi connectivity index (χ1) is 17.4. The van der Waals surface area contributed by atoms with E-state index in [1.54, 1.807) is 13.1 Å². The van der Waals surface area contributed by atoms with E-state index in [1.165, 1.54) is 37.9 Å². The van der Waals surface area contributed by atoms with Crippen molar-refractivity contribution in [3.8, 4) is 11.9 Å². The zero-order chi connectivity index (χ0) is 25.4. The number of nitrogens with zero attached hydrogens (tertiary/aromatic N) is 5. The van der Waals surface area contributed by atoms with E-state index in [9.17, 15) is 9.59 Å². The van der Waals surface area contributed by atoms with Gasteiger partial charge in [0.1, 0.15) is 5.65 Å². The van der Waals surface area contributed by atoms with Crippen molar-refractivity contribution in [1.82, 2.24) is 24.4 Å². The molecule has 0 aliphatic carbocycles. The summed E-state index contributed by atoms with van der Waals surface area (Å²) in [4.78, 5) is 41.6. The molecule has 0 spiro atoms. The average molecular weight is 486 g/mol. The molecule has 1 aromatic carbocycles. The van der Waals surface area contributed by atoms with Crippen LogP contribution in [0.2, 0.25) is 0 Å². The summed E-state index contributed by atoms with van der Waals surface area (Å²) in [5.41, 5.74) is 1.83. The van der Waals surface area contributed by atoms with E-state index in [0.717, 1.165) is 23.0 Å². The SMILES string of the molecule is COc1ncc(C2(C)C(=O)N(C)C(=O)C2c2cn(CCc3ccccc3)c3ncccc23)c(OC)n1. The average Bonchev–Trinajstić information content (AvgIpc) is 3.36. The van der Waals surface area contributed by atoms with Crippen molar-refractivity contribution < 1.29 is 19.1 Å². The summed E-state index contributed by atoms with van der Waals surface area (Å²) >= 11 is 0. The van der Waals surface area contributed by atoms with Crippen LogP contribution in [0.25, 0.3) is 11.0 Å². The second-order valence-electron chi connectivity index (χ2n) is 9.01. The molecule has 36 heavy (non-hydrogen) atoms. The van der Waals surface area contributed by atoms with E-state index in [4.69, 9.17) is 9.47 Å². The predicted molar refractivity (Wildman–Crippen MR) is 133 cm³/mol. The number of methoxy groups -OCH3 is 2. The van der Waals surface area contributed by atoms with Crippen molar-refractivity contribution in [2.45, 2.75) is 31.2 Å². The van der Waals surface area contributed by atoms with Gasteiger partial charge in [-0.1, -0.05) is 30.3 Å². The lowest BCUT2D eigenvalue weighted by Gasteiger charge is -2.28. The highest BCUT2D eigenvalue weighted by molar-refractivity contribution is 6.14. The molecule has 2 atom stereocenters. The normalized spacial score (nSPS) is 19.8. The molecular formula is C27H27N5O4. The maximum atomic E-state index is 13.6. The molecule has 9 nitrogen and oxygen atoms in total. The second-order valence-corrected chi connectivity index (χ2v) is 9.01. The number of aryl methyl sites for hydroxylation is 2. The van der Waals surface area contributed by atoms with Crippen LogP contribution < -0.4 is 9.47 Å². The lowest BCUT2D eigenvalue weighted by molar-refractivity contribution is -0.138. The Bertz CT molecular complexity index is 1450. The zero-order valence-electron chi connectivity index (χ0n) is 20.6. The van der Waals surface area contributed by atoms with E-state index in [1.807, 2.05) is 36.5 Å². The van der Waals surface area contributed by atoms with Crippen LogP contribution in [-0.4, -0.2) is 57.5 Å². The quantitative estimate of drug-likeness (QED) is 0.371. The third-order valence-electron chi connectivity index (χ3n) is 7.03. The highest BCUT2D eigenvalue weighted by Gasteiger charge is 2.59. The van der Waals surface area contributed by atoms with Crippen molar-refractivity contribution in [3.05, 3.63) is 77.7 Å². The molecule has 1 fully saturated rings.